The molecule has 0 amide bonds. The Morgan fingerprint density at radius 2 is 1.53 bits per heavy atom. The van der Waals surface area contributed by atoms with Crippen molar-refractivity contribution in [3.05, 3.63) is 34.9 Å². The van der Waals surface area contributed by atoms with Gasteiger partial charge in [-0.05, 0) is 22.6 Å². The Bertz CT molecular complexity index is 280. The third-order valence-corrected chi connectivity index (χ3v) is 2.24. The van der Waals surface area contributed by atoms with Crippen molar-refractivity contribution in [1.82, 2.24) is 0 Å². The molecule has 0 heterocycles. The van der Waals surface area contributed by atoms with Crippen LogP contribution in [0.4, 0.5) is 0 Å². The lowest BCUT2D eigenvalue weighted by molar-refractivity contribution is 0.260. The summed E-state index contributed by atoms with van der Waals surface area (Å²) in [5.41, 5.74) is 2.84. The number of hydrogen-bond acceptors (Lipinski definition) is 2. The zero-order valence-corrected chi connectivity index (χ0v) is 10.1. The third-order valence-electron chi connectivity index (χ3n) is 2.24. The summed E-state index contributed by atoms with van der Waals surface area (Å²) in [5, 5.41) is 18.0. The summed E-state index contributed by atoms with van der Waals surface area (Å²) in [6, 6.07) is 5.83. The van der Waals surface area contributed by atoms with Crippen molar-refractivity contribution in [2.45, 2.75) is 46.8 Å². The van der Waals surface area contributed by atoms with E-state index in [4.69, 9.17) is 10.2 Å². The molecule has 0 bridgehead atoms. The minimum Gasteiger partial charge on any atom is -0.392 e. The Kier molecular flexibility index (Phi) is 7.01. The Morgan fingerprint density at radius 1 is 1.00 bits per heavy atom. The highest BCUT2D eigenvalue weighted by Crippen LogP contribution is 2.19. The van der Waals surface area contributed by atoms with Crippen LogP contribution in [0.2, 0.25) is 0 Å². The minimum atomic E-state index is -0.00569. The first-order chi connectivity index (χ1) is 7.19. The molecule has 1 rings (SSSR count). The number of rotatable bonds is 3. The van der Waals surface area contributed by atoms with E-state index in [1.165, 1.54) is 5.56 Å². The van der Waals surface area contributed by atoms with E-state index in [9.17, 15) is 0 Å². The van der Waals surface area contributed by atoms with E-state index in [1.807, 2.05) is 32.0 Å². The molecule has 0 aliphatic rings. The van der Waals surface area contributed by atoms with Gasteiger partial charge < -0.3 is 10.2 Å². The van der Waals surface area contributed by atoms with Crippen molar-refractivity contribution < 1.29 is 10.2 Å². The Morgan fingerprint density at radius 3 is 1.93 bits per heavy atom. The number of benzene rings is 1. The molecule has 0 aliphatic heterocycles. The van der Waals surface area contributed by atoms with Gasteiger partial charge >= 0.3 is 0 Å². The quantitative estimate of drug-likeness (QED) is 0.805. The lowest BCUT2D eigenvalue weighted by Crippen LogP contribution is -1.97. The molecule has 86 valence electrons. The molecule has 0 aliphatic carbocycles. The molecule has 2 N–H and O–H groups in total. The second-order valence-corrected chi connectivity index (χ2v) is 3.50. The average molecular weight is 210 g/mol. The van der Waals surface area contributed by atoms with Crippen LogP contribution in [0.15, 0.2) is 18.2 Å². The number of aliphatic hydroxyl groups excluding tert-OH is 2. The Hall–Kier alpha value is -0.860. The van der Waals surface area contributed by atoms with Gasteiger partial charge in [0.1, 0.15) is 0 Å². The predicted octanol–water partition coefficient (Wildman–Crippen LogP) is 2.82. The topological polar surface area (TPSA) is 40.5 Å². The van der Waals surface area contributed by atoms with E-state index < -0.39 is 0 Å². The lowest BCUT2D eigenvalue weighted by Gasteiger charge is -2.10. The van der Waals surface area contributed by atoms with Crippen molar-refractivity contribution >= 4 is 0 Å². The first-order valence-corrected chi connectivity index (χ1v) is 5.52. The molecule has 0 spiro atoms. The highest BCUT2D eigenvalue weighted by atomic mass is 16.3. The fourth-order valence-electron chi connectivity index (χ4n) is 1.31. The van der Waals surface area contributed by atoms with Gasteiger partial charge in [-0.25, -0.2) is 0 Å². The second kappa shape index (κ2) is 7.43. The fraction of sp³-hybridized carbons (Fsp3) is 0.538. The highest BCUT2D eigenvalue weighted by Gasteiger charge is 2.04. The molecular formula is C13H22O2. The van der Waals surface area contributed by atoms with Crippen molar-refractivity contribution in [3.8, 4) is 0 Å². The molecule has 0 saturated heterocycles. The Balaban J connectivity index is 0.000000921. The van der Waals surface area contributed by atoms with Gasteiger partial charge in [-0.2, -0.15) is 0 Å². The molecule has 2 nitrogen and oxygen atoms in total. The van der Waals surface area contributed by atoms with Crippen LogP contribution in [0.5, 0.6) is 0 Å². The average Bonchev–Trinajstić information content (AvgIpc) is 2.30. The van der Waals surface area contributed by atoms with Crippen molar-refractivity contribution in [2.75, 3.05) is 0 Å². The van der Waals surface area contributed by atoms with Crippen LogP contribution in [0, 0.1) is 0 Å². The van der Waals surface area contributed by atoms with E-state index in [0.717, 1.165) is 11.1 Å². The molecule has 1 aromatic rings. The van der Waals surface area contributed by atoms with Gasteiger partial charge in [0, 0.05) is 0 Å². The van der Waals surface area contributed by atoms with Crippen LogP contribution in [0.25, 0.3) is 0 Å². The second-order valence-electron chi connectivity index (χ2n) is 3.50. The van der Waals surface area contributed by atoms with E-state index >= 15 is 0 Å². The predicted molar refractivity (Wildman–Crippen MR) is 63.7 cm³/mol. The zero-order valence-electron chi connectivity index (χ0n) is 10.1. The molecule has 0 radical (unpaired) electrons. The van der Waals surface area contributed by atoms with Crippen LogP contribution in [0.3, 0.4) is 0 Å². The van der Waals surface area contributed by atoms with Gasteiger partial charge in [0.25, 0.3) is 0 Å². The summed E-state index contributed by atoms with van der Waals surface area (Å²) in [4.78, 5) is 0. The van der Waals surface area contributed by atoms with E-state index in [1.54, 1.807) is 0 Å². The first-order valence-electron chi connectivity index (χ1n) is 5.52. The molecule has 0 saturated carbocycles. The van der Waals surface area contributed by atoms with Crippen molar-refractivity contribution in [1.29, 1.82) is 0 Å². The minimum absolute atomic E-state index is 0.00352. The van der Waals surface area contributed by atoms with Crippen LogP contribution in [-0.4, -0.2) is 10.2 Å². The normalized spacial score (nSPS) is 9.80. The smallest absolute Gasteiger partial charge is 0.0685 e. The third kappa shape index (κ3) is 4.02. The van der Waals surface area contributed by atoms with Crippen molar-refractivity contribution in [3.63, 3.8) is 0 Å². The van der Waals surface area contributed by atoms with Crippen LogP contribution < -0.4 is 0 Å². The maximum atomic E-state index is 9.04. The Labute approximate surface area is 92.6 Å². The number of hydrogen-bond donors (Lipinski definition) is 2. The molecule has 15 heavy (non-hydrogen) atoms. The lowest BCUT2D eigenvalue weighted by atomic mass is 9.98. The molecule has 0 fully saturated rings. The van der Waals surface area contributed by atoms with Gasteiger partial charge in [-0.3, -0.25) is 0 Å². The van der Waals surface area contributed by atoms with E-state index in [-0.39, 0.29) is 13.2 Å². The zero-order chi connectivity index (χ0) is 11.8. The first kappa shape index (κ1) is 14.1. The molecular weight excluding hydrogens is 188 g/mol. The van der Waals surface area contributed by atoms with Gasteiger partial charge in [0.15, 0.2) is 0 Å². The van der Waals surface area contributed by atoms with Gasteiger partial charge in [-0.15, -0.1) is 0 Å². The van der Waals surface area contributed by atoms with Gasteiger partial charge in [0.2, 0.25) is 0 Å². The largest absolute Gasteiger partial charge is 0.392 e. The summed E-state index contributed by atoms with van der Waals surface area (Å²) < 4.78 is 0. The van der Waals surface area contributed by atoms with Crippen LogP contribution >= 0.6 is 0 Å². The van der Waals surface area contributed by atoms with E-state index in [2.05, 4.69) is 13.8 Å². The van der Waals surface area contributed by atoms with Gasteiger partial charge in [-0.1, -0.05) is 45.9 Å². The summed E-state index contributed by atoms with van der Waals surface area (Å²) in [6.45, 7) is 8.20. The van der Waals surface area contributed by atoms with Crippen LogP contribution in [0.1, 0.15) is 50.3 Å². The molecule has 0 atom stereocenters. The number of aliphatic hydroxyl groups is 2. The molecule has 1 aromatic carbocycles. The van der Waals surface area contributed by atoms with Crippen LogP contribution in [-0.2, 0) is 13.2 Å². The maximum Gasteiger partial charge on any atom is 0.0685 e. The monoisotopic (exact) mass is 210 g/mol. The summed E-state index contributed by atoms with van der Waals surface area (Å²) in [5.74, 6) is 0.457. The highest BCUT2D eigenvalue weighted by molar-refractivity contribution is 5.32. The molecule has 2 heteroatoms. The van der Waals surface area contributed by atoms with Crippen molar-refractivity contribution in [2.24, 2.45) is 0 Å². The molecule has 0 aromatic heterocycles. The SMILES string of the molecule is CC.CC(C)c1ccc(CO)c(CO)c1. The summed E-state index contributed by atoms with van der Waals surface area (Å²) >= 11 is 0. The van der Waals surface area contributed by atoms with E-state index in [0.29, 0.717) is 5.92 Å². The standard InChI is InChI=1S/C11H16O2.C2H6/c1-8(2)9-3-4-10(6-12)11(5-9)7-13;1-2/h3-5,8,12-13H,6-7H2,1-2H3;1-2H3. The molecule has 0 unspecified atom stereocenters. The maximum absolute atomic E-state index is 9.04. The summed E-state index contributed by atoms with van der Waals surface area (Å²) in [6.07, 6.45) is 0. The van der Waals surface area contributed by atoms with Gasteiger partial charge in [0.05, 0.1) is 13.2 Å². The summed E-state index contributed by atoms with van der Waals surface area (Å²) in [7, 11) is 0. The fourth-order valence-corrected chi connectivity index (χ4v) is 1.31.